The van der Waals surface area contributed by atoms with Gasteiger partial charge in [-0.2, -0.15) is 0 Å². The van der Waals surface area contributed by atoms with Crippen LogP contribution < -0.4 is 95.9 Å². The highest BCUT2D eigenvalue weighted by atomic mass is 127. The fourth-order valence-corrected chi connectivity index (χ4v) is 10.6. The lowest BCUT2D eigenvalue weighted by atomic mass is 9.87. The number of benzene rings is 2. The highest BCUT2D eigenvalue weighted by Gasteiger charge is 2.27. The van der Waals surface area contributed by atoms with E-state index in [1.165, 1.54) is 196 Å². The monoisotopic (exact) mass is 1450 g/mol. The van der Waals surface area contributed by atoms with Gasteiger partial charge in [0.15, 0.2) is 0 Å². The van der Waals surface area contributed by atoms with Crippen molar-refractivity contribution in [1.29, 1.82) is 0 Å². The molecule has 0 aliphatic heterocycles. The molecular weight excluding hydrogens is 1340 g/mol. The van der Waals surface area contributed by atoms with E-state index in [1.807, 2.05) is 26.3 Å². The van der Waals surface area contributed by atoms with E-state index in [4.69, 9.17) is 9.98 Å². The number of quaternary nitrogens is 1. The molecule has 0 heterocycles. The Morgan fingerprint density at radius 2 is 0.806 bits per heavy atom. The fraction of sp³-hybridized carbons (Fsp3) is 0.774. The predicted molar refractivity (Wildman–Crippen MR) is 301 cm³/mol. The maximum atomic E-state index is 11.3. The van der Waals surface area contributed by atoms with Crippen molar-refractivity contribution in [2.45, 2.75) is 267 Å². The van der Waals surface area contributed by atoms with Gasteiger partial charge in [0.05, 0.1) is 38.3 Å². The molecule has 1 unspecified atom stereocenters. The molecule has 0 saturated heterocycles. The second-order valence-corrected chi connectivity index (χ2v) is 21.3. The average molecular weight is 1450 g/mol. The zero-order valence-corrected chi connectivity index (χ0v) is 56.9. The Hall–Kier alpha value is 0.220. The first-order valence-electron chi connectivity index (χ1n) is 29.3. The third-order valence-electron chi connectivity index (χ3n) is 15.2. The minimum Gasteiger partial charge on any atom is -1.00 e. The second kappa shape index (κ2) is 47.2. The van der Waals surface area contributed by atoms with Gasteiger partial charge in [0.2, 0.25) is 0 Å². The van der Waals surface area contributed by atoms with Crippen LogP contribution in [0.15, 0.2) is 34.3 Å². The average Bonchev–Trinajstić information content (AvgIpc) is 3.35. The van der Waals surface area contributed by atoms with Crippen molar-refractivity contribution < 1.29 is 111 Å². The number of phenols is 2. The first-order chi connectivity index (χ1) is 33.0. The van der Waals surface area contributed by atoms with Crippen LogP contribution in [0.25, 0.3) is 0 Å². The topological polar surface area (TPSA) is 68.4 Å². The molecule has 2 aromatic carbocycles. The lowest BCUT2D eigenvalue weighted by Crippen LogP contribution is -3.00. The van der Waals surface area contributed by atoms with Crippen LogP contribution in [0.1, 0.15) is 274 Å². The summed E-state index contributed by atoms with van der Waals surface area (Å²) in [7, 11) is 0. The first kappa shape index (κ1) is 76.5. The fourth-order valence-electron chi connectivity index (χ4n) is 10.6. The van der Waals surface area contributed by atoms with Gasteiger partial charge in [-0.25, -0.2) is 0 Å². The van der Waals surface area contributed by atoms with Gasteiger partial charge in [-0.1, -0.05) is 158 Å². The Bertz CT molecular complexity index is 1610. The second-order valence-electron chi connectivity index (χ2n) is 21.3. The Labute approximate surface area is 514 Å². The Balaban J connectivity index is -0.00000245. The van der Waals surface area contributed by atoms with Gasteiger partial charge in [0.1, 0.15) is 11.5 Å². The molecule has 6 nitrogen and oxygen atoms in total. The van der Waals surface area contributed by atoms with Crippen LogP contribution in [0.3, 0.4) is 0 Å². The number of hydrogen-bond donors (Lipinski definition) is 2. The molecule has 2 N–H and O–H groups in total. The van der Waals surface area contributed by atoms with E-state index in [2.05, 4.69) is 91.5 Å². The van der Waals surface area contributed by atoms with E-state index >= 15 is 0 Å². The third kappa shape index (κ3) is 29.8. The van der Waals surface area contributed by atoms with Crippen LogP contribution in [-0.2, 0) is 0 Å². The van der Waals surface area contributed by atoms with Gasteiger partial charge in [-0.3, -0.25) is 9.98 Å². The van der Waals surface area contributed by atoms with Gasteiger partial charge < -0.3 is 116 Å². The molecule has 72 heavy (non-hydrogen) atoms. The molecule has 1 aliphatic carbocycles. The molecule has 1 saturated carbocycles. The van der Waals surface area contributed by atoms with Crippen LogP contribution in [-0.4, -0.2) is 89.9 Å². The summed E-state index contributed by atoms with van der Waals surface area (Å²) in [5, 5.41) is 22.4. The van der Waals surface area contributed by atoms with Gasteiger partial charge in [-0.05, 0) is 163 Å². The summed E-state index contributed by atoms with van der Waals surface area (Å²) in [6.45, 7) is 34.0. The van der Waals surface area contributed by atoms with Crippen LogP contribution in [0.2, 0.25) is 0 Å². The maximum Gasteiger partial charge on any atom is 0.127 e. The Kier molecular flexibility index (Phi) is 50.2. The van der Waals surface area contributed by atoms with Crippen molar-refractivity contribution in [2.75, 3.05) is 45.8 Å². The minimum absolute atomic E-state index is 0. The summed E-state index contributed by atoms with van der Waals surface area (Å²) in [6, 6.07) is 9.00. The van der Waals surface area contributed by atoms with Gasteiger partial charge in [-0.15, -0.1) is 0 Å². The van der Waals surface area contributed by atoms with E-state index in [-0.39, 0.29) is 108 Å². The lowest BCUT2D eigenvalue weighted by Gasteiger charge is -2.39. The summed E-state index contributed by atoms with van der Waals surface area (Å²) in [4.78, 5) is 12.9. The van der Waals surface area contributed by atoms with Crippen LogP contribution in [0.4, 0.5) is 0 Å². The van der Waals surface area contributed by atoms with E-state index in [1.54, 1.807) is 0 Å². The van der Waals surface area contributed by atoms with Crippen molar-refractivity contribution in [3.8, 4) is 11.5 Å². The zero-order chi connectivity index (χ0) is 50.0. The summed E-state index contributed by atoms with van der Waals surface area (Å²) in [5.74, 6) is 1.71. The molecule has 422 valence electrons. The Morgan fingerprint density at radius 1 is 0.472 bits per heavy atom. The molecule has 0 spiro atoms. The number of halogens is 4. The highest BCUT2D eigenvalue weighted by Crippen LogP contribution is 2.35. The lowest BCUT2D eigenvalue weighted by molar-refractivity contribution is -0.929. The number of aliphatic imine (C=N–C) groups is 2. The smallest absolute Gasteiger partial charge is 0.127 e. The van der Waals surface area contributed by atoms with E-state index < -0.39 is 0 Å². The SMILES string of the molecule is CCCCC(CCCC)c1cc(C)c(O)c(C=N[C@H]2CCCC[C@@H]2N=Cc2cc(C(CCC)CCC[N+](CCCC)(CCCC)CCCC)cc(C)c2O)c1.CCCCN(CCCC)CCCC.[I-].[I-].[I-].[I-]. The van der Waals surface area contributed by atoms with Gasteiger partial charge in [0, 0.05) is 23.6 Å². The molecule has 0 radical (unpaired) electrons. The summed E-state index contributed by atoms with van der Waals surface area (Å²) >= 11 is 0. The minimum atomic E-state index is 0. The van der Waals surface area contributed by atoms with Gasteiger partial charge in [0.25, 0.3) is 0 Å². The van der Waals surface area contributed by atoms with Crippen molar-refractivity contribution in [3.05, 3.63) is 57.6 Å². The highest BCUT2D eigenvalue weighted by molar-refractivity contribution is 5.86. The molecule has 1 fully saturated rings. The maximum absolute atomic E-state index is 11.3. The number of rotatable bonds is 36. The molecule has 3 rings (SSSR count). The predicted octanol–water partition coefficient (Wildman–Crippen LogP) is 5.61. The number of hydrogen-bond acceptors (Lipinski definition) is 5. The molecule has 2 aromatic rings. The third-order valence-corrected chi connectivity index (χ3v) is 15.2. The van der Waals surface area contributed by atoms with E-state index in [0.29, 0.717) is 23.3 Å². The molecule has 0 bridgehead atoms. The summed E-state index contributed by atoms with van der Waals surface area (Å²) < 4.78 is 1.30. The van der Waals surface area contributed by atoms with Gasteiger partial charge >= 0.3 is 0 Å². The van der Waals surface area contributed by atoms with Crippen molar-refractivity contribution in [2.24, 2.45) is 9.98 Å². The van der Waals surface area contributed by atoms with Crippen molar-refractivity contribution in [1.82, 2.24) is 4.90 Å². The van der Waals surface area contributed by atoms with Crippen LogP contribution >= 0.6 is 0 Å². The Morgan fingerprint density at radius 3 is 1.15 bits per heavy atom. The molecule has 10 heteroatoms. The standard InChI is InChI=1S/C50H83N3O2.C12H27N.4HI/c1-9-15-24-42(25-16-10-2)44-34-40(8)50(55)46(36-44)38-52-48-28-21-20-27-47(48)51-37-45-35-43(33-39(7)49(45)54)41(23-14-6)26-22-32-53(29-17-11-3,30-18-12-4)31-19-13-5;1-4-7-10-13(11-8-5-2)12-9-6-3;;;;/h33-38,41-42,47-48H,9-32H2,1-8H3,(H-,51,52,54,55);4-12H2,1-3H3;4*1H/p-3/t41?,47-,48-;;;;;/m0...../s1. The van der Waals surface area contributed by atoms with Crippen molar-refractivity contribution in [3.63, 3.8) is 0 Å². The zero-order valence-electron chi connectivity index (χ0n) is 48.3. The number of nitrogens with zero attached hydrogens (tertiary/aromatic N) is 4. The quantitative estimate of drug-likeness (QED) is 0.0531. The summed E-state index contributed by atoms with van der Waals surface area (Å²) in [5.41, 5.74) is 6.25. The first-order valence-corrected chi connectivity index (χ1v) is 29.3. The number of aromatic hydroxyl groups is 2. The normalized spacial score (nSPS) is 15.2. The van der Waals surface area contributed by atoms with Crippen LogP contribution in [0.5, 0.6) is 11.5 Å². The van der Waals surface area contributed by atoms with Crippen molar-refractivity contribution >= 4 is 12.4 Å². The number of phenolic OH excluding ortho intramolecular Hbond substituents is 2. The number of aryl methyl sites for hydroxylation is 2. The molecular formula is C62H111I4N4O2-3. The number of unbranched alkanes of at least 4 members (excludes halogenated alkanes) is 8. The molecule has 1 aliphatic rings. The largest absolute Gasteiger partial charge is 1.00 e. The summed E-state index contributed by atoms with van der Waals surface area (Å²) in [6.07, 6.45) is 36.1. The van der Waals surface area contributed by atoms with E-state index in [9.17, 15) is 10.2 Å². The molecule has 0 aromatic heterocycles. The van der Waals surface area contributed by atoms with E-state index in [0.717, 1.165) is 54.4 Å². The molecule has 0 amide bonds. The van der Waals surface area contributed by atoms with Crippen LogP contribution in [0, 0.1) is 13.8 Å². The molecule has 3 atom stereocenters.